The largest absolute Gasteiger partial charge is 0.507 e. The predicted molar refractivity (Wildman–Crippen MR) is 71.3 cm³/mol. The third-order valence-corrected chi connectivity index (χ3v) is 3.72. The molecule has 0 spiro atoms. The summed E-state index contributed by atoms with van der Waals surface area (Å²) in [5.41, 5.74) is -0.357. The molecule has 0 bridgehead atoms. The Balaban J connectivity index is 2.14. The van der Waals surface area contributed by atoms with E-state index >= 15 is 0 Å². The minimum Gasteiger partial charge on any atom is -0.507 e. The van der Waals surface area contributed by atoms with Gasteiger partial charge in [0.25, 0.3) is 0 Å². The molecule has 1 aromatic carbocycles. The van der Waals surface area contributed by atoms with Crippen molar-refractivity contribution in [2.45, 2.75) is 33.0 Å². The molecule has 1 fully saturated rings. The fourth-order valence-electron chi connectivity index (χ4n) is 3.09. The van der Waals surface area contributed by atoms with Crippen LogP contribution in [0.3, 0.4) is 0 Å². The molecule has 1 saturated heterocycles. The van der Waals surface area contributed by atoms with Gasteiger partial charge in [-0.25, -0.2) is 0 Å². The lowest BCUT2D eigenvalue weighted by atomic mass is 9.91. The van der Waals surface area contributed by atoms with Crippen LogP contribution in [0.4, 0.5) is 13.2 Å². The maximum Gasteiger partial charge on any atom is 0.419 e. The number of alkyl halides is 3. The minimum absolute atomic E-state index is 0.498. The van der Waals surface area contributed by atoms with E-state index in [2.05, 4.69) is 18.7 Å². The Hall–Kier alpha value is -1.23. The van der Waals surface area contributed by atoms with Gasteiger partial charge in [-0.2, -0.15) is 13.2 Å². The molecule has 0 aromatic heterocycles. The Bertz CT molecular complexity index is 463. The zero-order valence-electron chi connectivity index (χ0n) is 11.7. The molecule has 0 amide bonds. The van der Waals surface area contributed by atoms with E-state index in [1.165, 1.54) is 6.42 Å². The van der Waals surface area contributed by atoms with E-state index in [9.17, 15) is 18.3 Å². The predicted octanol–water partition coefficient (Wildman–Crippen LogP) is 3.89. The molecule has 2 unspecified atom stereocenters. The quantitative estimate of drug-likeness (QED) is 0.892. The lowest BCUT2D eigenvalue weighted by Crippen LogP contribution is -2.38. The average molecular weight is 287 g/mol. The van der Waals surface area contributed by atoms with Crippen LogP contribution in [0.5, 0.6) is 5.75 Å². The summed E-state index contributed by atoms with van der Waals surface area (Å²) in [7, 11) is 0. The number of halogens is 3. The monoisotopic (exact) mass is 287 g/mol. The molecular weight excluding hydrogens is 267 g/mol. The first-order chi connectivity index (χ1) is 9.25. The number of piperidine rings is 1. The summed E-state index contributed by atoms with van der Waals surface area (Å²) in [4.78, 5) is 2.19. The second-order valence-corrected chi connectivity index (χ2v) is 5.99. The second-order valence-electron chi connectivity index (χ2n) is 5.99. The fourth-order valence-corrected chi connectivity index (χ4v) is 3.09. The summed E-state index contributed by atoms with van der Waals surface area (Å²) >= 11 is 0. The summed E-state index contributed by atoms with van der Waals surface area (Å²) < 4.78 is 38.3. The average Bonchev–Trinajstić information content (AvgIpc) is 2.29. The Morgan fingerprint density at radius 3 is 2.35 bits per heavy atom. The van der Waals surface area contributed by atoms with Crippen LogP contribution in [0.1, 0.15) is 31.4 Å². The van der Waals surface area contributed by atoms with Gasteiger partial charge in [0, 0.05) is 19.6 Å². The van der Waals surface area contributed by atoms with Crippen molar-refractivity contribution in [2.75, 3.05) is 13.1 Å². The zero-order chi connectivity index (χ0) is 14.9. The summed E-state index contributed by atoms with van der Waals surface area (Å²) in [6.07, 6.45) is -3.34. The maximum absolute atomic E-state index is 12.8. The summed E-state index contributed by atoms with van der Waals surface area (Å²) in [5.74, 6) is 0.428. The van der Waals surface area contributed by atoms with Crippen LogP contribution in [0.25, 0.3) is 0 Å². The fraction of sp³-hybridized carbons (Fsp3) is 0.600. The van der Waals surface area contributed by atoms with Gasteiger partial charge in [-0.15, -0.1) is 0 Å². The highest BCUT2D eigenvalue weighted by molar-refractivity contribution is 5.38. The molecule has 1 aromatic rings. The first kappa shape index (κ1) is 15.2. The molecule has 2 atom stereocenters. The Morgan fingerprint density at radius 2 is 1.80 bits per heavy atom. The third-order valence-electron chi connectivity index (χ3n) is 3.72. The topological polar surface area (TPSA) is 23.5 Å². The molecule has 2 nitrogen and oxygen atoms in total. The number of hydrogen-bond acceptors (Lipinski definition) is 2. The molecule has 1 N–H and O–H groups in total. The molecule has 1 aliphatic rings. The van der Waals surface area contributed by atoms with Gasteiger partial charge in [-0.3, -0.25) is 4.90 Å². The van der Waals surface area contributed by atoms with Gasteiger partial charge in [0.1, 0.15) is 5.75 Å². The van der Waals surface area contributed by atoms with Crippen LogP contribution in [-0.2, 0) is 12.7 Å². The number of likely N-dealkylation sites (tertiary alicyclic amines) is 1. The van der Waals surface area contributed by atoms with Crippen LogP contribution in [-0.4, -0.2) is 23.1 Å². The highest BCUT2D eigenvalue weighted by Crippen LogP contribution is 2.36. The van der Waals surface area contributed by atoms with E-state index in [1.807, 2.05) is 0 Å². The summed E-state index contributed by atoms with van der Waals surface area (Å²) in [6.45, 7) is 6.65. The van der Waals surface area contributed by atoms with Crippen molar-refractivity contribution in [1.29, 1.82) is 0 Å². The van der Waals surface area contributed by atoms with Crippen molar-refractivity contribution in [3.8, 4) is 5.75 Å². The molecule has 2 rings (SSSR count). The molecule has 1 aliphatic heterocycles. The lowest BCUT2D eigenvalue weighted by Gasteiger charge is -2.35. The molecule has 112 valence electrons. The summed E-state index contributed by atoms with van der Waals surface area (Å²) in [6, 6.07) is 3.75. The number of hydrogen-bond donors (Lipinski definition) is 1. The van der Waals surface area contributed by atoms with Gasteiger partial charge in [-0.05, 0) is 36.0 Å². The molecule has 20 heavy (non-hydrogen) atoms. The van der Waals surface area contributed by atoms with Gasteiger partial charge in [-0.1, -0.05) is 19.9 Å². The standard InChI is InChI=1S/C15H20F3NO/c1-10-5-11(2)8-19(7-10)9-12-3-4-14(20)13(6-12)15(16,17)18/h3-4,6,10-11,20H,5,7-9H2,1-2H3. The number of phenols is 1. The van der Waals surface area contributed by atoms with Crippen LogP contribution in [0.2, 0.25) is 0 Å². The van der Waals surface area contributed by atoms with Crippen LogP contribution in [0, 0.1) is 11.8 Å². The van der Waals surface area contributed by atoms with E-state index in [0.29, 0.717) is 23.9 Å². The Morgan fingerprint density at radius 1 is 1.20 bits per heavy atom. The van der Waals surface area contributed by atoms with Crippen LogP contribution < -0.4 is 0 Å². The normalized spacial score (nSPS) is 24.9. The van der Waals surface area contributed by atoms with Crippen LogP contribution >= 0.6 is 0 Å². The molecule has 0 saturated carbocycles. The number of phenolic OH excluding ortho intramolecular Hbond substituents is 1. The van der Waals surface area contributed by atoms with E-state index in [-0.39, 0.29) is 0 Å². The van der Waals surface area contributed by atoms with Gasteiger partial charge in [0.05, 0.1) is 5.56 Å². The number of aromatic hydroxyl groups is 1. The highest BCUT2D eigenvalue weighted by atomic mass is 19.4. The van der Waals surface area contributed by atoms with E-state index in [4.69, 9.17) is 0 Å². The first-order valence-electron chi connectivity index (χ1n) is 6.87. The number of nitrogens with zero attached hydrogens (tertiary/aromatic N) is 1. The van der Waals surface area contributed by atoms with E-state index in [0.717, 1.165) is 25.2 Å². The smallest absolute Gasteiger partial charge is 0.419 e. The highest BCUT2D eigenvalue weighted by Gasteiger charge is 2.34. The van der Waals surface area contributed by atoms with Crippen molar-refractivity contribution in [3.05, 3.63) is 29.3 Å². The van der Waals surface area contributed by atoms with Gasteiger partial charge >= 0.3 is 6.18 Å². The first-order valence-corrected chi connectivity index (χ1v) is 6.87. The van der Waals surface area contributed by atoms with Gasteiger partial charge in [0.2, 0.25) is 0 Å². The lowest BCUT2D eigenvalue weighted by molar-refractivity contribution is -0.138. The third kappa shape index (κ3) is 3.66. The van der Waals surface area contributed by atoms with Crippen molar-refractivity contribution >= 4 is 0 Å². The number of benzene rings is 1. The minimum atomic E-state index is -4.51. The summed E-state index contributed by atoms with van der Waals surface area (Å²) in [5, 5.41) is 9.33. The van der Waals surface area contributed by atoms with Gasteiger partial charge in [0.15, 0.2) is 0 Å². The second kappa shape index (κ2) is 5.64. The van der Waals surface area contributed by atoms with Crippen molar-refractivity contribution in [2.24, 2.45) is 11.8 Å². The van der Waals surface area contributed by atoms with Crippen molar-refractivity contribution < 1.29 is 18.3 Å². The zero-order valence-corrected chi connectivity index (χ0v) is 11.7. The Labute approximate surface area is 117 Å². The van der Waals surface area contributed by atoms with E-state index in [1.54, 1.807) is 6.07 Å². The molecular formula is C15H20F3NO. The van der Waals surface area contributed by atoms with Crippen molar-refractivity contribution in [1.82, 2.24) is 4.90 Å². The van der Waals surface area contributed by atoms with Crippen molar-refractivity contribution in [3.63, 3.8) is 0 Å². The molecule has 5 heteroatoms. The number of rotatable bonds is 2. The van der Waals surface area contributed by atoms with Gasteiger partial charge < -0.3 is 5.11 Å². The molecule has 1 heterocycles. The van der Waals surface area contributed by atoms with Crippen LogP contribution in [0.15, 0.2) is 18.2 Å². The Kier molecular flexibility index (Phi) is 4.28. The molecule has 0 aliphatic carbocycles. The molecule has 0 radical (unpaired) electrons. The SMILES string of the molecule is CC1CC(C)CN(Cc2ccc(O)c(C(F)(F)F)c2)C1. The van der Waals surface area contributed by atoms with E-state index < -0.39 is 17.5 Å². The maximum atomic E-state index is 12.8.